The maximum absolute atomic E-state index is 4.60. The van der Waals surface area contributed by atoms with Crippen LogP contribution in [-0.2, 0) is 13.0 Å². The van der Waals surface area contributed by atoms with E-state index in [2.05, 4.69) is 48.9 Å². The molecule has 1 aromatic rings. The summed E-state index contributed by atoms with van der Waals surface area (Å²) < 4.78 is 2.18. The molecule has 3 unspecified atom stereocenters. The normalized spacial score (nSPS) is 24.2. The molecular weight excluding hydrogens is 246 g/mol. The van der Waals surface area contributed by atoms with E-state index < -0.39 is 0 Å². The fraction of sp³-hybridized carbons (Fsp3) is 0.824. The molecule has 0 aromatic carbocycles. The van der Waals surface area contributed by atoms with Crippen molar-refractivity contribution in [3.05, 3.63) is 17.5 Å². The van der Waals surface area contributed by atoms with Crippen molar-refractivity contribution in [3.63, 3.8) is 0 Å². The number of hydrogen-bond donors (Lipinski definition) is 1. The lowest BCUT2D eigenvalue weighted by molar-refractivity contribution is 0.291. The summed E-state index contributed by atoms with van der Waals surface area (Å²) in [7, 11) is 0. The van der Waals surface area contributed by atoms with Gasteiger partial charge in [-0.3, -0.25) is 4.68 Å². The van der Waals surface area contributed by atoms with E-state index in [1.165, 1.54) is 31.4 Å². The van der Waals surface area contributed by atoms with Gasteiger partial charge in [-0.2, -0.15) is 5.10 Å². The summed E-state index contributed by atoms with van der Waals surface area (Å²) in [5.74, 6) is 1.70. The van der Waals surface area contributed by atoms with E-state index in [9.17, 15) is 0 Å². The lowest BCUT2D eigenvalue weighted by atomic mass is 9.87. The fourth-order valence-corrected chi connectivity index (χ4v) is 3.74. The zero-order chi connectivity index (χ0) is 14.5. The highest BCUT2D eigenvalue weighted by molar-refractivity contribution is 5.11. The van der Waals surface area contributed by atoms with Crippen molar-refractivity contribution >= 4 is 0 Å². The van der Waals surface area contributed by atoms with Gasteiger partial charge in [0, 0.05) is 24.7 Å². The van der Waals surface area contributed by atoms with E-state index in [0.717, 1.165) is 37.0 Å². The Balaban J connectivity index is 2.09. The van der Waals surface area contributed by atoms with Crippen LogP contribution in [0.2, 0.25) is 0 Å². The van der Waals surface area contributed by atoms with E-state index in [0.29, 0.717) is 6.04 Å². The van der Waals surface area contributed by atoms with Crippen LogP contribution in [0.3, 0.4) is 0 Å². The summed E-state index contributed by atoms with van der Waals surface area (Å²) >= 11 is 0. The van der Waals surface area contributed by atoms with Crippen LogP contribution >= 0.6 is 0 Å². The van der Waals surface area contributed by atoms with Gasteiger partial charge in [-0.25, -0.2) is 0 Å². The molecule has 0 amide bonds. The van der Waals surface area contributed by atoms with Crippen LogP contribution in [0.1, 0.15) is 57.8 Å². The average Bonchev–Trinajstić information content (AvgIpc) is 3.00. The van der Waals surface area contributed by atoms with Crippen LogP contribution in [0.4, 0.5) is 0 Å². The molecule has 1 N–H and O–H groups in total. The molecule has 20 heavy (non-hydrogen) atoms. The largest absolute Gasteiger partial charge is 0.313 e. The number of aryl methyl sites for hydroxylation is 2. The molecule has 1 fully saturated rings. The number of hydrogen-bond acceptors (Lipinski definition) is 2. The molecule has 3 heteroatoms. The summed E-state index contributed by atoms with van der Waals surface area (Å²) in [6, 6.07) is 2.89. The van der Waals surface area contributed by atoms with Crippen molar-refractivity contribution in [2.75, 3.05) is 6.54 Å². The second-order valence-electron chi connectivity index (χ2n) is 6.43. The maximum Gasteiger partial charge on any atom is 0.0596 e. The van der Waals surface area contributed by atoms with Crippen molar-refractivity contribution in [3.8, 4) is 0 Å². The highest BCUT2D eigenvalue weighted by atomic mass is 15.3. The van der Waals surface area contributed by atoms with Gasteiger partial charge in [-0.05, 0) is 51.1 Å². The van der Waals surface area contributed by atoms with Gasteiger partial charge in [-0.1, -0.05) is 26.7 Å². The molecule has 0 saturated heterocycles. The van der Waals surface area contributed by atoms with Gasteiger partial charge >= 0.3 is 0 Å². The van der Waals surface area contributed by atoms with Crippen molar-refractivity contribution in [2.45, 2.75) is 72.4 Å². The van der Waals surface area contributed by atoms with Gasteiger partial charge in [0.1, 0.15) is 0 Å². The van der Waals surface area contributed by atoms with Crippen LogP contribution in [0.5, 0.6) is 0 Å². The molecule has 1 heterocycles. The zero-order valence-corrected chi connectivity index (χ0v) is 13.7. The van der Waals surface area contributed by atoms with Gasteiger partial charge in [0.2, 0.25) is 0 Å². The van der Waals surface area contributed by atoms with Crippen LogP contribution in [0.25, 0.3) is 0 Å². The molecule has 1 aliphatic rings. The second-order valence-corrected chi connectivity index (χ2v) is 6.43. The van der Waals surface area contributed by atoms with Crippen LogP contribution < -0.4 is 5.32 Å². The monoisotopic (exact) mass is 277 g/mol. The third-order valence-corrected chi connectivity index (χ3v) is 4.82. The molecule has 0 spiro atoms. The minimum atomic E-state index is 0.619. The third-order valence-electron chi connectivity index (χ3n) is 4.82. The Kier molecular flexibility index (Phi) is 5.64. The van der Waals surface area contributed by atoms with Crippen molar-refractivity contribution in [1.29, 1.82) is 0 Å². The molecule has 3 atom stereocenters. The van der Waals surface area contributed by atoms with Crippen molar-refractivity contribution < 1.29 is 0 Å². The van der Waals surface area contributed by atoms with Crippen LogP contribution in [-0.4, -0.2) is 22.4 Å². The molecule has 0 bridgehead atoms. The first-order valence-electron chi connectivity index (χ1n) is 8.42. The lowest BCUT2D eigenvalue weighted by Gasteiger charge is -2.28. The van der Waals surface area contributed by atoms with Gasteiger partial charge in [0.15, 0.2) is 0 Å². The summed E-state index contributed by atoms with van der Waals surface area (Å²) in [6.07, 6.45) is 6.54. The standard InChI is InChI=1S/C17H31N3/c1-5-10-18-17(16-9-7-8-13(16)3)12-15-11-14(4)19-20(15)6-2/h11,13,16-18H,5-10,12H2,1-4H3. The minimum absolute atomic E-state index is 0.619. The molecule has 3 nitrogen and oxygen atoms in total. The Labute approximate surface area is 124 Å². The molecule has 1 aromatic heterocycles. The summed E-state index contributed by atoms with van der Waals surface area (Å²) in [4.78, 5) is 0. The second kappa shape index (κ2) is 7.26. The third kappa shape index (κ3) is 3.63. The Morgan fingerprint density at radius 1 is 1.40 bits per heavy atom. The zero-order valence-electron chi connectivity index (χ0n) is 13.7. The smallest absolute Gasteiger partial charge is 0.0596 e. The Morgan fingerprint density at radius 3 is 2.80 bits per heavy atom. The first-order valence-corrected chi connectivity index (χ1v) is 8.42. The van der Waals surface area contributed by atoms with E-state index in [-0.39, 0.29) is 0 Å². The highest BCUT2D eigenvalue weighted by Crippen LogP contribution is 2.34. The Morgan fingerprint density at radius 2 is 2.20 bits per heavy atom. The van der Waals surface area contributed by atoms with Gasteiger partial charge in [-0.15, -0.1) is 0 Å². The first-order chi connectivity index (χ1) is 9.65. The number of aromatic nitrogens is 2. The van der Waals surface area contributed by atoms with E-state index >= 15 is 0 Å². The number of nitrogens with zero attached hydrogens (tertiary/aromatic N) is 2. The Bertz CT molecular complexity index is 410. The Hall–Kier alpha value is -0.830. The topological polar surface area (TPSA) is 29.9 Å². The van der Waals surface area contributed by atoms with Crippen LogP contribution in [0.15, 0.2) is 6.07 Å². The molecule has 114 valence electrons. The van der Waals surface area contributed by atoms with Crippen molar-refractivity contribution in [1.82, 2.24) is 15.1 Å². The summed E-state index contributed by atoms with van der Waals surface area (Å²) in [5, 5.41) is 8.41. The van der Waals surface area contributed by atoms with Gasteiger partial charge in [0.05, 0.1) is 5.69 Å². The van der Waals surface area contributed by atoms with Gasteiger partial charge < -0.3 is 5.32 Å². The lowest BCUT2D eigenvalue weighted by Crippen LogP contribution is -2.40. The summed E-state index contributed by atoms with van der Waals surface area (Å²) in [6.45, 7) is 11.1. The average molecular weight is 277 g/mol. The highest BCUT2D eigenvalue weighted by Gasteiger charge is 2.31. The minimum Gasteiger partial charge on any atom is -0.313 e. The maximum atomic E-state index is 4.60. The predicted molar refractivity (Wildman–Crippen MR) is 84.9 cm³/mol. The number of nitrogens with one attached hydrogen (secondary N) is 1. The summed E-state index contributed by atoms with van der Waals surface area (Å²) in [5.41, 5.74) is 2.55. The fourth-order valence-electron chi connectivity index (χ4n) is 3.74. The first kappa shape index (κ1) is 15.6. The van der Waals surface area contributed by atoms with E-state index in [1.54, 1.807) is 0 Å². The van der Waals surface area contributed by atoms with E-state index in [4.69, 9.17) is 0 Å². The predicted octanol–water partition coefficient (Wildman–Crippen LogP) is 3.56. The van der Waals surface area contributed by atoms with E-state index in [1.807, 2.05) is 0 Å². The molecular formula is C17H31N3. The number of rotatable bonds is 7. The molecule has 0 radical (unpaired) electrons. The molecule has 2 rings (SSSR count). The molecule has 0 aliphatic heterocycles. The van der Waals surface area contributed by atoms with Gasteiger partial charge in [0.25, 0.3) is 0 Å². The molecule has 1 aliphatic carbocycles. The quantitative estimate of drug-likeness (QED) is 0.826. The van der Waals surface area contributed by atoms with Crippen LogP contribution in [0, 0.1) is 18.8 Å². The van der Waals surface area contributed by atoms with Crippen molar-refractivity contribution in [2.24, 2.45) is 11.8 Å². The molecule has 1 saturated carbocycles. The SMILES string of the molecule is CCCNC(Cc1cc(C)nn1CC)C1CCCC1C.